The van der Waals surface area contributed by atoms with E-state index in [1.807, 2.05) is 0 Å². The Balaban J connectivity index is 1.60. The molecule has 2 fully saturated rings. The number of rotatable bonds is 4. The largest absolute Gasteiger partial charge is 0.476 e. The van der Waals surface area contributed by atoms with Crippen molar-refractivity contribution in [3.63, 3.8) is 0 Å². The Bertz CT molecular complexity index is 545. The number of hydrogen-bond donors (Lipinski definition) is 3. The summed E-state index contributed by atoms with van der Waals surface area (Å²) in [7, 11) is 0. The number of aromatic nitrogens is 2. The monoisotopic (exact) mass is 276 g/mol. The van der Waals surface area contributed by atoms with E-state index in [0.717, 1.165) is 19.3 Å². The molecule has 0 spiro atoms. The number of amides is 1. The quantitative estimate of drug-likeness (QED) is 0.736. The number of nitrogens with two attached hydrogens (primary N) is 1. The van der Waals surface area contributed by atoms with Crippen LogP contribution in [0.2, 0.25) is 0 Å². The number of carboxylic acid groups (broad SMARTS) is 1. The minimum atomic E-state index is -1.09. The lowest BCUT2D eigenvalue weighted by Gasteiger charge is -2.41. The molecule has 2 saturated carbocycles. The molecule has 0 bridgehead atoms. The third kappa shape index (κ3) is 2.19. The molecule has 7 heteroatoms. The molecule has 2 aliphatic carbocycles. The summed E-state index contributed by atoms with van der Waals surface area (Å²) in [4.78, 5) is 29.8. The van der Waals surface area contributed by atoms with Crippen LogP contribution in [0.5, 0.6) is 0 Å². The molecule has 3 rings (SSSR count). The third-order valence-corrected chi connectivity index (χ3v) is 4.43. The first kappa shape index (κ1) is 12.8. The molecular formula is C13H16N4O3. The molecule has 4 N–H and O–H groups in total. The molecule has 0 radical (unpaired) electrons. The fourth-order valence-corrected chi connectivity index (χ4v) is 3.33. The van der Waals surface area contributed by atoms with Gasteiger partial charge in [-0.05, 0) is 31.1 Å². The second kappa shape index (κ2) is 4.73. The molecule has 1 amide bonds. The number of nitrogens with one attached hydrogen (secondary N) is 1. The van der Waals surface area contributed by atoms with Gasteiger partial charge in [-0.25, -0.2) is 14.8 Å². The van der Waals surface area contributed by atoms with E-state index >= 15 is 0 Å². The fourth-order valence-electron chi connectivity index (χ4n) is 3.33. The number of carbonyl (C=O) groups excluding carboxylic acids is 1. The second-order valence-corrected chi connectivity index (χ2v) is 5.57. The first-order chi connectivity index (χ1) is 9.54. The van der Waals surface area contributed by atoms with E-state index in [-0.39, 0.29) is 23.6 Å². The van der Waals surface area contributed by atoms with Gasteiger partial charge in [-0.1, -0.05) is 0 Å². The Morgan fingerprint density at radius 3 is 2.65 bits per heavy atom. The lowest BCUT2D eigenvalue weighted by molar-refractivity contribution is -0.121. The van der Waals surface area contributed by atoms with Gasteiger partial charge in [-0.15, -0.1) is 0 Å². The highest BCUT2D eigenvalue weighted by Crippen LogP contribution is 2.50. The smallest absolute Gasteiger partial charge is 0.356 e. The van der Waals surface area contributed by atoms with E-state index in [2.05, 4.69) is 15.3 Å². The van der Waals surface area contributed by atoms with Crippen molar-refractivity contribution >= 4 is 17.7 Å². The van der Waals surface area contributed by atoms with Crippen LogP contribution in [0, 0.1) is 17.8 Å². The Morgan fingerprint density at radius 2 is 2.05 bits per heavy atom. The first-order valence-electron chi connectivity index (χ1n) is 6.65. The number of anilines is 1. The average Bonchev–Trinajstić information content (AvgIpc) is 2.74. The van der Waals surface area contributed by atoms with Crippen LogP contribution < -0.4 is 11.1 Å². The Morgan fingerprint density at radius 1 is 1.25 bits per heavy atom. The molecule has 0 aromatic carbocycles. The predicted octanol–water partition coefficient (Wildman–Crippen LogP) is 0.487. The van der Waals surface area contributed by atoms with Crippen LogP contribution in [-0.4, -0.2) is 33.0 Å². The number of primary amides is 1. The highest BCUT2D eigenvalue weighted by molar-refractivity contribution is 5.84. The number of carboxylic acids is 1. The van der Waals surface area contributed by atoms with Crippen LogP contribution in [0.15, 0.2) is 12.4 Å². The number of hydrogen-bond acceptors (Lipinski definition) is 5. The van der Waals surface area contributed by atoms with Crippen LogP contribution in [0.4, 0.5) is 5.82 Å². The van der Waals surface area contributed by atoms with Gasteiger partial charge in [0.15, 0.2) is 5.69 Å². The number of nitrogens with zero attached hydrogens (tertiary/aromatic N) is 2. The van der Waals surface area contributed by atoms with Gasteiger partial charge >= 0.3 is 5.97 Å². The van der Waals surface area contributed by atoms with Crippen molar-refractivity contribution in [3.05, 3.63) is 18.1 Å². The van der Waals surface area contributed by atoms with Crippen molar-refractivity contribution in [3.8, 4) is 0 Å². The zero-order valence-electron chi connectivity index (χ0n) is 10.8. The molecule has 1 aromatic heterocycles. The summed E-state index contributed by atoms with van der Waals surface area (Å²) in [6.07, 6.45) is 5.38. The van der Waals surface area contributed by atoms with Crippen LogP contribution in [0.25, 0.3) is 0 Å². The average molecular weight is 276 g/mol. The number of carbonyl (C=O) groups is 2. The second-order valence-electron chi connectivity index (χ2n) is 5.57. The summed E-state index contributed by atoms with van der Waals surface area (Å²) in [6.45, 7) is 0. The maximum atomic E-state index is 11.2. The van der Waals surface area contributed by atoms with Gasteiger partial charge in [-0.2, -0.15) is 0 Å². The van der Waals surface area contributed by atoms with Gasteiger partial charge in [0.25, 0.3) is 0 Å². The summed E-state index contributed by atoms with van der Waals surface area (Å²) >= 11 is 0. The molecule has 4 unspecified atom stereocenters. The van der Waals surface area contributed by atoms with E-state index in [9.17, 15) is 9.59 Å². The molecule has 1 aromatic rings. The normalized spacial score (nSPS) is 31.2. The van der Waals surface area contributed by atoms with Gasteiger partial charge in [0.05, 0.1) is 12.4 Å². The molecule has 20 heavy (non-hydrogen) atoms. The van der Waals surface area contributed by atoms with Crippen molar-refractivity contribution < 1.29 is 14.7 Å². The zero-order chi connectivity index (χ0) is 14.3. The van der Waals surface area contributed by atoms with Gasteiger partial charge in [0, 0.05) is 12.0 Å². The van der Waals surface area contributed by atoms with Gasteiger partial charge < -0.3 is 16.2 Å². The Labute approximate surface area is 115 Å². The predicted molar refractivity (Wildman–Crippen MR) is 69.9 cm³/mol. The molecule has 4 atom stereocenters. The van der Waals surface area contributed by atoms with E-state index < -0.39 is 5.97 Å². The maximum absolute atomic E-state index is 11.2. The fraction of sp³-hybridized carbons (Fsp3) is 0.538. The first-order valence-corrected chi connectivity index (χ1v) is 6.65. The summed E-state index contributed by atoms with van der Waals surface area (Å²) in [5.74, 6) is 0.291. The van der Waals surface area contributed by atoms with Crippen LogP contribution >= 0.6 is 0 Å². The zero-order valence-corrected chi connectivity index (χ0v) is 10.8. The maximum Gasteiger partial charge on any atom is 0.356 e. The van der Waals surface area contributed by atoms with Crippen molar-refractivity contribution in [1.29, 1.82) is 0 Å². The lowest BCUT2D eigenvalue weighted by Crippen LogP contribution is -2.43. The van der Waals surface area contributed by atoms with Crippen LogP contribution in [0.1, 0.15) is 29.8 Å². The Hall–Kier alpha value is -2.18. The number of fused-ring (bicyclic) bond motifs is 1. The van der Waals surface area contributed by atoms with Crippen LogP contribution in [-0.2, 0) is 4.79 Å². The highest BCUT2D eigenvalue weighted by atomic mass is 16.4. The van der Waals surface area contributed by atoms with E-state index in [1.165, 1.54) is 12.4 Å². The molecule has 2 aliphatic rings. The molecule has 0 aliphatic heterocycles. The minimum absolute atomic E-state index is 0.00253. The standard InChI is InChI=1S/C13H16N4O3/c14-12(18)7-1-6-3-9(8(6)2-7)17-11-5-15-10(4-16-11)13(19)20/h4-9H,1-3H2,(H2,14,18)(H,16,17)(H,19,20). The van der Waals surface area contributed by atoms with E-state index in [0.29, 0.717) is 17.7 Å². The lowest BCUT2D eigenvalue weighted by atomic mass is 9.71. The van der Waals surface area contributed by atoms with Gasteiger partial charge in [0.1, 0.15) is 5.82 Å². The molecule has 106 valence electrons. The Kier molecular flexibility index (Phi) is 3.04. The summed E-state index contributed by atoms with van der Waals surface area (Å²) < 4.78 is 0. The van der Waals surface area contributed by atoms with E-state index in [4.69, 9.17) is 10.8 Å². The van der Waals surface area contributed by atoms with Gasteiger partial charge in [0.2, 0.25) is 5.91 Å². The van der Waals surface area contributed by atoms with Crippen molar-refractivity contribution in [1.82, 2.24) is 9.97 Å². The van der Waals surface area contributed by atoms with Crippen molar-refractivity contribution in [2.75, 3.05) is 5.32 Å². The highest BCUT2D eigenvalue weighted by Gasteiger charge is 2.49. The molecule has 7 nitrogen and oxygen atoms in total. The molecular weight excluding hydrogens is 260 g/mol. The SMILES string of the molecule is NC(=O)C1CC2CC(Nc3cnc(C(=O)O)cn3)C2C1. The summed E-state index contributed by atoms with van der Waals surface area (Å²) in [6, 6.07) is 0.273. The summed E-state index contributed by atoms with van der Waals surface area (Å²) in [5, 5.41) is 12.0. The topological polar surface area (TPSA) is 118 Å². The van der Waals surface area contributed by atoms with Crippen molar-refractivity contribution in [2.45, 2.75) is 25.3 Å². The minimum Gasteiger partial charge on any atom is -0.476 e. The summed E-state index contributed by atoms with van der Waals surface area (Å²) in [5.41, 5.74) is 5.28. The number of aromatic carboxylic acids is 1. The van der Waals surface area contributed by atoms with Crippen molar-refractivity contribution in [2.24, 2.45) is 23.5 Å². The third-order valence-electron chi connectivity index (χ3n) is 4.43. The van der Waals surface area contributed by atoms with Gasteiger partial charge in [-0.3, -0.25) is 4.79 Å². The van der Waals surface area contributed by atoms with E-state index in [1.54, 1.807) is 0 Å². The molecule has 0 saturated heterocycles. The molecule has 1 heterocycles. The van der Waals surface area contributed by atoms with Crippen LogP contribution in [0.3, 0.4) is 0 Å².